The smallest absolute Gasteiger partial charge is 0.267 e. The number of H-pyrrole nitrogens is 1. The lowest BCUT2D eigenvalue weighted by atomic mass is 10.2. The van der Waals surface area contributed by atoms with Gasteiger partial charge in [-0.1, -0.05) is 11.6 Å². The molecule has 1 heterocycles. The maximum atomic E-state index is 12.1. The predicted octanol–water partition coefficient (Wildman–Crippen LogP) is 2.25. The number of aromatic amines is 1. The van der Waals surface area contributed by atoms with Gasteiger partial charge in [-0.25, -0.2) is 0 Å². The highest BCUT2D eigenvalue weighted by Gasteiger charge is 2.09. The summed E-state index contributed by atoms with van der Waals surface area (Å²) in [6.07, 6.45) is 1.91. The first-order chi connectivity index (χ1) is 10.5. The Morgan fingerprint density at radius 3 is 2.77 bits per heavy atom. The molecule has 2 rings (SSSR count). The highest BCUT2D eigenvalue weighted by atomic mass is 35.5. The molecule has 1 aromatic heterocycles. The number of hydrogen-bond donors (Lipinski definition) is 2. The van der Waals surface area contributed by atoms with E-state index in [-0.39, 0.29) is 17.0 Å². The minimum atomic E-state index is -0.265. The first-order valence-electron chi connectivity index (χ1n) is 7.23. The van der Waals surface area contributed by atoms with Crippen LogP contribution < -0.4 is 10.7 Å². The second-order valence-corrected chi connectivity index (χ2v) is 5.94. The lowest BCUT2D eigenvalue weighted by molar-refractivity contribution is 0.0948. The van der Waals surface area contributed by atoms with E-state index in [1.807, 2.05) is 14.1 Å². The van der Waals surface area contributed by atoms with Gasteiger partial charge in [0.25, 0.3) is 5.91 Å². The third-order valence-electron chi connectivity index (χ3n) is 3.35. The third-order valence-corrected chi connectivity index (χ3v) is 3.59. The molecule has 0 aliphatic rings. The molecule has 1 aromatic carbocycles. The van der Waals surface area contributed by atoms with Gasteiger partial charge in [-0.15, -0.1) is 0 Å². The summed E-state index contributed by atoms with van der Waals surface area (Å²) in [6, 6.07) is 6.29. The number of benzene rings is 1. The lowest BCUT2D eigenvalue weighted by Crippen LogP contribution is -2.27. The molecule has 0 saturated heterocycles. The van der Waals surface area contributed by atoms with Crippen molar-refractivity contribution in [3.63, 3.8) is 0 Å². The molecule has 2 aromatic rings. The van der Waals surface area contributed by atoms with Gasteiger partial charge in [0.15, 0.2) is 5.43 Å². The number of pyridine rings is 1. The van der Waals surface area contributed by atoms with Crippen molar-refractivity contribution in [2.75, 3.05) is 27.2 Å². The maximum absolute atomic E-state index is 12.1. The number of rotatable bonds is 6. The Kier molecular flexibility index (Phi) is 5.57. The number of amides is 1. The summed E-state index contributed by atoms with van der Waals surface area (Å²) in [4.78, 5) is 29.2. The Labute approximate surface area is 134 Å². The molecule has 22 heavy (non-hydrogen) atoms. The molecule has 0 spiro atoms. The van der Waals surface area contributed by atoms with Crippen molar-refractivity contribution in [2.45, 2.75) is 12.8 Å². The van der Waals surface area contributed by atoms with Crippen LogP contribution in [0.15, 0.2) is 29.1 Å². The van der Waals surface area contributed by atoms with E-state index >= 15 is 0 Å². The largest absolute Gasteiger partial charge is 0.351 e. The van der Waals surface area contributed by atoms with Crippen LogP contribution in [-0.2, 0) is 0 Å². The van der Waals surface area contributed by atoms with E-state index in [0.717, 1.165) is 19.4 Å². The Balaban J connectivity index is 2.03. The minimum Gasteiger partial charge on any atom is -0.351 e. The number of hydrogen-bond acceptors (Lipinski definition) is 3. The van der Waals surface area contributed by atoms with Crippen molar-refractivity contribution in [3.05, 3.63) is 45.2 Å². The van der Waals surface area contributed by atoms with Gasteiger partial charge in [0, 0.05) is 28.5 Å². The van der Waals surface area contributed by atoms with Crippen LogP contribution in [0.25, 0.3) is 10.9 Å². The van der Waals surface area contributed by atoms with Gasteiger partial charge in [0.1, 0.15) is 5.69 Å². The van der Waals surface area contributed by atoms with Gasteiger partial charge in [0.05, 0.1) is 0 Å². The number of unbranched alkanes of at least 4 members (excludes halogenated alkanes) is 1. The Bertz CT molecular complexity index is 725. The van der Waals surface area contributed by atoms with Crippen LogP contribution in [0, 0.1) is 0 Å². The first-order valence-corrected chi connectivity index (χ1v) is 7.60. The zero-order chi connectivity index (χ0) is 16.1. The van der Waals surface area contributed by atoms with Crippen molar-refractivity contribution < 1.29 is 4.79 Å². The van der Waals surface area contributed by atoms with Gasteiger partial charge >= 0.3 is 0 Å². The van der Waals surface area contributed by atoms with Crippen LogP contribution in [-0.4, -0.2) is 43.0 Å². The molecular weight excluding hydrogens is 302 g/mol. The number of halogens is 1. The second kappa shape index (κ2) is 7.42. The van der Waals surface area contributed by atoms with Crippen molar-refractivity contribution in [1.29, 1.82) is 0 Å². The van der Waals surface area contributed by atoms with E-state index in [4.69, 9.17) is 11.6 Å². The zero-order valence-corrected chi connectivity index (χ0v) is 13.5. The number of nitrogens with one attached hydrogen (secondary N) is 2. The molecule has 118 valence electrons. The second-order valence-electron chi connectivity index (χ2n) is 5.50. The third kappa shape index (κ3) is 4.32. The van der Waals surface area contributed by atoms with E-state index in [0.29, 0.717) is 22.5 Å². The van der Waals surface area contributed by atoms with Gasteiger partial charge in [0.2, 0.25) is 0 Å². The number of nitrogens with zero attached hydrogens (tertiary/aromatic N) is 1. The molecule has 0 saturated carbocycles. The number of fused-ring (bicyclic) bond motifs is 1. The molecule has 0 fully saturated rings. The Morgan fingerprint density at radius 2 is 2.05 bits per heavy atom. The van der Waals surface area contributed by atoms with Crippen molar-refractivity contribution >= 4 is 28.4 Å². The summed E-state index contributed by atoms with van der Waals surface area (Å²) in [6.45, 7) is 1.58. The molecule has 2 N–H and O–H groups in total. The van der Waals surface area contributed by atoms with E-state index in [9.17, 15) is 9.59 Å². The molecule has 0 radical (unpaired) electrons. The van der Waals surface area contributed by atoms with Gasteiger partial charge in [-0.2, -0.15) is 0 Å². The average molecular weight is 322 g/mol. The topological polar surface area (TPSA) is 65.2 Å². The molecule has 5 nitrogen and oxygen atoms in total. The van der Waals surface area contributed by atoms with E-state index in [1.165, 1.54) is 6.07 Å². The van der Waals surface area contributed by atoms with Crippen LogP contribution >= 0.6 is 11.6 Å². The fraction of sp³-hybridized carbons (Fsp3) is 0.375. The average Bonchev–Trinajstić information content (AvgIpc) is 2.47. The summed E-state index contributed by atoms with van der Waals surface area (Å²) >= 11 is 5.88. The van der Waals surface area contributed by atoms with Crippen molar-refractivity contribution in [2.24, 2.45) is 0 Å². The molecule has 1 amide bonds. The molecule has 0 bridgehead atoms. The van der Waals surface area contributed by atoms with Crippen LogP contribution in [0.3, 0.4) is 0 Å². The van der Waals surface area contributed by atoms with Gasteiger partial charge < -0.3 is 15.2 Å². The van der Waals surface area contributed by atoms with Gasteiger partial charge in [-0.05, 0) is 51.7 Å². The standard InChI is InChI=1S/C16H20ClN3O2/c1-20(2)8-4-3-7-18-16(22)14-10-15(21)12-9-11(17)5-6-13(12)19-14/h5-6,9-10H,3-4,7-8H2,1-2H3,(H,18,22)(H,19,21). The molecule has 0 unspecified atom stereocenters. The Morgan fingerprint density at radius 1 is 1.27 bits per heavy atom. The number of carbonyl (C=O) groups is 1. The van der Waals surface area contributed by atoms with Crippen LogP contribution in [0.4, 0.5) is 0 Å². The highest BCUT2D eigenvalue weighted by molar-refractivity contribution is 6.31. The van der Waals surface area contributed by atoms with E-state index in [1.54, 1.807) is 18.2 Å². The zero-order valence-electron chi connectivity index (χ0n) is 12.8. The highest BCUT2D eigenvalue weighted by Crippen LogP contribution is 2.15. The summed E-state index contributed by atoms with van der Waals surface area (Å²) in [7, 11) is 4.04. The monoisotopic (exact) mass is 321 g/mol. The van der Waals surface area contributed by atoms with Crippen LogP contribution in [0.2, 0.25) is 5.02 Å². The first kappa shape index (κ1) is 16.5. The molecular formula is C16H20ClN3O2. The van der Waals surface area contributed by atoms with E-state index < -0.39 is 0 Å². The fourth-order valence-corrected chi connectivity index (χ4v) is 2.36. The van der Waals surface area contributed by atoms with Crippen molar-refractivity contribution in [3.8, 4) is 0 Å². The molecule has 6 heteroatoms. The minimum absolute atomic E-state index is 0.214. The summed E-state index contributed by atoms with van der Waals surface area (Å²) in [5.74, 6) is -0.265. The van der Waals surface area contributed by atoms with Gasteiger partial charge in [-0.3, -0.25) is 9.59 Å². The number of carbonyl (C=O) groups excluding carboxylic acids is 1. The lowest BCUT2D eigenvalue weighted by Gasteiger charge is -2.09. The molecule has 0 atom stereocenters. The quantitative estimate of drug-likeness (QED) is 0.802. The number of aromatic nitrogens is 1. The fourth-order valence-electron chi connectivity index (χ4n) is 2.19. The summed E-state index contributed by atoms with van der Waals surface area (Å²) in [5.41, 5.74) is 0.663. The molecule has 0 aliphatic heterocycles. The maximum Gasteiger partial charge on any atom is 0.267 e. The van der Waals surface area contributed by atoms with Crippen LogP contribution in [0.1, 0.15) is 23.3 Å². The molecule has 0 aliphatic carbocycles. The van der Waals surface area contributed by atoms with Crippen LogP contribution in [0.5, 0.6) is 0 Å². The van der Waals surface area contributed by atoms with Crippen molar-refractivity contribution in [1.82, 2.24) is 15.2 Å². The van der Waals surface area contributed by atoms with E-state index in [2.05, 4.69) is 15.2 Å². The SMILES string of the molecule is CN(C)CCCCNC(=O)c1cc(=O)c2cc(Cl)ccc2[nH]1. The summed E-state index contributed by atoms with van der Waals surface area (Å²) in [5, 5.41) is 3.80. The predicted molar refractivity (Wildman–Crippen MR) is 89.7 cm³/mol. The normalized spacial score (nSPS) is 11.1. The Hall–Kier alpha value is -1.85. The summed E-state index contributed by atoms with van der Waals surface area (Å²) < 4.78 is 0.